The minimum absolute atomic E-state index is 0.0393. The van der Waals surface area contributed by atoms with E-state index in [1.54, 1.807) is 0 Å². The quantitative estimate of drug-likeness (QED) is 0.860. The van der Waals surface area contributed by atoms with Crippen molar-refractivity contribution in [2.45, 2.75) is 52.5 Å². The summed E-state index contributed by atoms with van der Waals surface area (Å²) in [6.07, 6.45) is 4.43. The summed E-state index contributed by atoms with van der Waals surface area (Å²) in [5.41, 5.74) is 3.76. The second-order valence-corrected chi connectivity index (χ2v) is 7.20. The monoisotopic (exact) mass is 286 g/mol. The van der Waals surface area contributed by atoms with E-state index >= 15 is 0 Å². The van der Waals surface area contributed by atoms with Gasteiger partial charge in [0.15, 0.2) is 0 Å². The van der Waals surface area contributed by atoms with Gasteiger partial charge in [-0.3, -0.25) is 4.79 Å². The Morgan fingerprint density at radius 2 is 2.14 bits per heavy atom. The van der Waals surface area contributed by atoms with E-state index in [1.807, 2.05) is 4.90 Å². The van der Waals surface area contributed by atoms with Crippen LogP contribution in [0.4, 0.5) is 5.69 Å². The summed E-state index contributed by atoms with van der Waals surface area (Å²) < 4.78 is 0. The average molecular weight is 286 g/mol. The van der Waals surface area contributed by atoms with E-state index in [0.29, 0.717) is 0 Å². The molecule has 2 heterocycles. The van der Waals surface area contributed by atoms with Crippen molar-refractivity contribution in [1.29, 1.82) is 0 Å². The zero-order valence-electron chi connectivity index (χ0n) is 13.4. The summed E-state index contributed by atoms with van der Waals surface area (Å²) in [6, 6.07) is 6.41. The topological polar surface area (TPSA) is 32.3 Å². The molecule has 3 heteroatoms. The van der Waals surface area contributed by atoms with Crippen LogP contribution < -0.4 is 10.2 Å². The first-order valence-electron chi connectivity index (χ1n) is 8.13. The van der Waals surface area contributed by atoms with Crippen molar-refractivity contribution in [1.82, 2.24) is 5.32 Å². The van der Waals surface area contributed by atoms with Gasteiger partial charge in [0.2, 0.25) is 5.91 Å². The number of benzene rings is 1. The van der Waals surface area contributed by atoms with Crippen molar-refractivity contribution in [3.63, 3.8) is 0 Å². The highest BCUT2D eigenvalue weighted by Gasteiger charge is 2.40. The second kappa shape index (κ2) is 5.45. The van der Waals surface area contributed by atoms with Crippen molar-refractivity contribution in [2.75, 3.05) is 18.0 Å². The van der Waals surface area contributed by atoms with Gasteiger partial charge in [0.05, 0.1) is 6.04 Å². The molecule has 21 heavy (non-hydrogen) atoms. The molecule has 1 aromatic carbocycles. The van der Waals surface area contributed by atoms with Gasteiger partial charge in [-0.1, -0.05) is 31.5 Å². The molecule has 1 unspecified atom stereocenters. The lowest BCUT2D eigenvalue weighted by atomic mass is 9.76. The number of carbonyl (C=O) groups is 1. The fourth-order valence-electron chi connectivity index (χ4n) is 3.74. The largest absolute Gasteiger partial charge is 0.311 e. The van der Waals surface area contributed by atoms with Crippen molar-refractivity contribution in [2.24, 2.45) is 5.41 Å². The van der Waals surface area contributed by atoms with Gasteiger partial charge < -0.3 is 10.2 Å². The van der Waals surface area contributed by atoms with E-state index in [2.05, 4.69) is 44.3 Å². The van der Waals surface area contributed by atoms with Crippen LogP contribution in [0, 0.1) is 12.3 Å². The van der Waals surface area contributed by atoms with Gasteiger partial charge in [0.25, 0.3) is 0 Å². The van der Waals surface area contributed by atoms with Gasteiger partial charge in [-0.05, 0) is 56.2 Å². The number of nitrogens with zero attached hydrogens (tertiary/aromatic N) is 1. The van der Waals surface area contributed by atoms with Gasteiger partial charge in [0.1, 0.15) is 0 Å². The number of carbonyl (C=O) groups excluding carboxylic acids is 1. The molecule has 3 rings (SSSR count). The molecule has 1 atom stereocenters. The third-order valence-electron chi connectivity index (χ3n) is 4.99. The van der Waals surface area contributed by atoms with Crippen LogP contribution in [-0.4, -0.2) is 25.0 Å². The Labute approximate surface area is 127 Å². The van der Waals surface area contributed by atoms with E-state index in [0.717, 1.165) is 44.5 Å². The minimum atomic E-state index is -0.0569. The van der Waals surface area contributed by atoms with Crippen LogP contribution >= 0.6 is 0 Å². The number of rotatable bonds is 1. The molecule has 0 bridgehead atoms. The molecular weight excluding hydrogens is 260 g/mol. The average Bonchev–Trinajstić information content (AvgIpc) is 2.45. The summed E-state index contributed by atoms with van der Waals surface area (Å²) >= 11 is 0. The van der Waals surface area contributed by atoms with Crippen molar-refractivity contribution >= 4 is 11.6 Å². The number of piperidine rings is 1. The standard InChI is InChI=1S/C18H26N2O/c1-13-7-8-15-14(12-13)6-4-11-20(15)17(21)16-18(2,3)9-5-10-19-16/h7-8,12,16,19H,4-6,9-11H2,1-3H3. The molecule has 0 aromatic heterocycles. The zero-order valence-corrected chi connectivity index (χ0v) is 13.4. The second-order valence-electron chi connectivity index (χ2n) is 7.20. The van der Waals surface area contributed by atoms with Crippen molar-refractivity contribution in [3.8, 4) is 0 Å². The molecule has 1 amide bonds. The first kappa shape index (κ1) is 14.6. The number of anilines is 1. The molecule has 2 aliphatic heterocycles. The first-order valence-corrected chi connectivity index (χ1v) is 8.13. The maximum atomic E-state index is 13.1. The van der Waals surface area contributed by atoms with E-state index in [9.17, 15) is 4.79 Å². The molecule has 1 N–H and O–H groups in total. The molecule has 1 aromatic rings. The molecule has 3 nitrogen and oxygen atoms in total. The molecular formula is C18H26N2O. The number of fused-ring (bicyclic) bond motifs is 1. The minimum Gasteiger partial charge on any atom is -0.311 e. The highest BCUT2D eigenvalue weighted by Crippen LogP contribution is 2.34. The Balaban J connectivity index is 1.89. The number of nitrogens with one attached hydrogen (secondary N) is 1. The molecule has 1 fully saturated rings. The maximum Gasteiger partial charge on any atom is 0.244 e. The molecule has 1 saturated heterocycles. The van der Waals surface area contributed by atoms with Crippen molar-refractivity contribution < 1.29 is 4.79 Å². The molecule has 114 valence electrons. The Hall–Kier alpha value is -1.35. The predicted octanol–water partition coefficient (Wildman–Crippen LogP) is 3.05. The van der Waals surface area contributed by atoms with Crippen LogP contribution in [0.15, 0.2) is 18.2 Å². The normalized spacial score (nSPS) is 24.5. The van der Waals surface area contributed by atoms with E-state index in [1.165, 1.54) is 11.1 Å². The van der Waals surface area contributed by atoms with E-state index in [4.69, 9.17) is 0 Å². The highest BCUT2D eigenvalue weighted by molar-refractivity contribution is 5.98. The summed E-state index contributed by atoms with van der Waals surface area (Å²) in [5, 5.41) is 3.46. The predicted molar refractivity (Wildman–Crippen MR) is 86.7 cm³/mol. The van der Waals surface area contributed by atoms with Gasteiger partial charge in [-0.25, -0.2) is 0 Å². The lowest BCUT2D eigenvalue weighted by Crippen LogP contribution is -2.57. The van der Waals surface area contributed by atoms with E-state index < -0.39 is 0 Å². The molecule has 2 aliphatic rings. The van der Waals surface area contributed by atoms with Crippen LogP contribution in [0.3, 0.4) is 0 Å². The van der Waals surface area contributed by atoms with Crippen LogP contribution in [0.1, 0.15) is 44.2 Å². The number of hydrogen-bond donors (Lipinski definition) is 1. The smallest absolute Gasteiger partial charge is 0.244 e. The first-order chi connectivity index (χ1) is 9.99. The summed E-state index contributed by atoms with van der Waals surface area (Å²) in [6.45, 7) is 8.34. The van der Waals surface area contributed by atoms with Crippen LogP contribution in [0.5, 0.6) is 0 Å². The van der Waals surface area contributed by atoms with Crippen LogP contribution in [0.25, 0.3) is 0 Å². The summed E-state index contributed by atoms with van der Waals surface area (Å²) in [5.74, 6) is 0.254. The SMILES string of the molecule is Cc1ccc2c(c1)CCCN2C(=O)C1NCCCC1(C)C. The third-order valence-corrected chi connectivity index (χ3v) is 4.99. The molecule has 0 saturated carbocycles. The van der Waals surface area contributed by atoms with Crippen LogP contribution in [0.2, 0.25) is 0 Å². The number of aryl methyl sites for hydroxylation is 2. The van der Waals surface area contributed by atoms with Gasteiger partial charge >= 0.3 is 0 Å². The Bertz CT molecular complexity index is 550. The maximum absolute atomic E-state index is 13.1. The van der Waals surface area contributed by atoms with Gasteiger partial charge in [0, 0.05) is 12.2 Å². The Morgan fingerprint density at radius 1 is 1.33 bits per heavy atom. The number of amides is 1. The number of hydrogen-bond acceptors (Lipinski definition) is 2. The van der Waals surface area contributed by atoms with E-state index in [-0.39, 0.29) is 17.4 Å². The molecule has 0 spiro atoms. The lowest BCUT2D eigenvalue weighted by Gasteiger charge is -2.42. The fraction of sp³-hybridized carbons (Fsp3) is 0.611. The Kier molecular flexibility index (Phi) is 3.78. The molecule has 0 aliphatic carbocycles. The van der Waals surface area contributed by atoms with Gasteiger partial charge in [-0.15, -0.1) is 0 Å². The summed E-state index contributed by atoms with van der Waals surface area (Å²) in [7, 11) is 0. The van der Waals surface area contributed by atoms with Gasteiger partial charge in [-0.2, -0.15) is 0 Å². The third kappa shape index (κ3) is 2.71. The molecule has 0 radical (unpaired) electrons. The lowest BCUT2D eigenvalue weighted by molar-refractivity contribution is -0.124. The zero-order chi connectivity index (χ0) is 15.0. The Morgan fingerprint density at radius 3 is 2.90 bits per heavy atom. The summed E-state index contributed by atoms with van der Waals surface area (Å²) in [4.78, 5) is 15.1. The van der Waals surface area contributed by atoms with Crippen molar-refractivity contribution in [3.05, 3.63) is 29.3 Å². The fourth-order valence-corrected chi connectivity index (χ4v) is 3.74. The van der Waals surface area contributed by atoms with Crippen LogP contribution in [-0.2, 0) is 11.2 Å². The highest BCUT2D eigenvalue weighted by atomic mass is 16.2.